The van der Waals surface area contributed by atoms with E-state index in [1.807, 2.05) is 11.3 Å². The van der Waals surface area contributed by atoms with Gasteiger partial charge in [0, 0.05) is 21.8 Å². The minimum absolute atomic E-state index is 0.748. The molecule has 1 aromatic heterocycles. The third-order valence-corrected chi connectivity index (χ3v) is 4.93. The van der Waals surface area contributed by atoms with E-state index in [2.05, 4.69) is 33.6 Å². The molecular formula is C9H12BrNS. The van der Waals surface area contributed by atoms with Gasteiger partial charge in [0.1, 0.15) is 0 Å². The Morgan fingerprint density at radius 2 is 2.50 bits per heavy atom. The second kappa shape index (κ2) is 3.48. The molecule has 0 saturated carbocycles. The molecule has 0 radical (unpaired) electrons. The molecule has 0 aromatic carbocycles. The molecule has 1 atom stereocenters. The molecule has 1 nitrogen and oxygen atoms in total. The fourth-order valence-corrected chi connectivity index (χ4v) is 3.55. The molecule has 1 aliphatic rings. The van der Waals surface area contributed by atoms with Crippen molar-refractivity contribution in [3.63, 3.8) is 0 Å². The highest BCUT2D eigenvalue weighted by Crippen LogP contribution is 2.36. The number of rotatable bonds is 1. The Balaban J connectivity index is 2.26. The number of hydrogen-bond donors (Lipinski definition) is 1. The summed E-state index contributed by atoms with van der Waals surface area (Å²) in [7, 11) is 0. The molecule has 0 bridgehead atoms. The summed E-state index contributed by atoms with van der Waals surface area (Å²) < 4.78 is 1.33. The Hall–Kier alpha value is 0.140. The van der Waals surface area contributed by atoms with Crippen molar-refractivity contribution in [3.05, 3.63) is 20.3 Å². The number of hydrogen-bond acceptors (Lipinski definition) is 2. The van der Waals surface area contributed by atoms with E-state index in [9.17, 15) is 0 Å². The molecule has 2 heterocycles. The molecule has 0 spiro atoms. The first-order valence-corrected chi connectivity index (χ1v) is 5.90. The summed E-state index contributed by atoms with van der Waals surface area (Å²) in [6.07, 6.45) is 1.29. The average Bonchev–Trinajstić information content (AvgIpc) is 2.64. The maximum absolute atomic E-state index is 3.64. The largest absolute Gasteiger partial charge is 0.316 e. The number of thiophene rings is 1. The van der Waals surface area contributed by atoms with E-state index in [1.54, 1.807) is 0 Å². The Labute approximate surface area is 85.3 Å². The minimum atomic E-state index is 0.748. The van der Waals surface area contributed by atoms with Gasteiger partial charge in [-0.2, -0.15) is 0 Å². The molecule has 12 heavy (non-hydrogen) atoms. The summed E-state index contributed by atoms with van der Waals surface area (Å²) >= 11 is 5.53. The van der Waals surface area contributed by atoms with Gasteiger partial charge in [-0.15, -0.1) is 11.3 Å². The van der Waals surface area contributed by atoms with E-state index in [-0.39, 0.29) is 0 Å². The standard InChI is InChI=1S/C9H12BrNS/c1-6-5-12-9(8(6)10)7-2-3-11-4-7/h5,7,11H,2-4H2,1H3. The first-order valence-electron chi connectivity index (χ1n) is 4.23. The van der Waals surface area contributed by atoms with Gasteiger partial charge in [-0.25, -0.2) is 0 Å². The minimum Gasteiger partial charge on any atom is -0.316 e. The smallest absolute Gasteiger partial charge is 0.0346 e. The first kappa shape index (κ1) is 8.73. The van der Waals surface area contributed by atoms with E-state index in [4.69, 9.17) is 0 Å². The molecule has 2 rings (SSSR count). The zero-order valence-corrected chi connectivity index (χ0v) is 9.46. The summed E-state index contributed by atoms with van der Waals surface area (Å²) in [6.45, 7) is 4.49. The molecule has 66 valence electrons. The van der Waals surface area contributed by atoms with Crippen molar-refractivity contribution in [1.82, 2.24) is 5.32 Å². The molecule has 0 aliphatic carbocycles. The zero-order valence-electron chi connectivity index (χ0n) is 7.06. The number of aryl methyl sites for hydroxylation is 1. The highest BCUT2D eigenvalue weighted by molar-refractivity contribution is 9.10. The van der Waals surface area contributed by atoms with Crippen molar-refractivity contribution >= 4 is 27.3 Å². The molecule has 3 heteroatoms. The van der Waals surface area contributed by atoms with E-state index >= 15 is 0 Å². The summed E-state index contributed by atoms with van der Waals surface area (Å²) in [4.78, 5) is 1.53. The highest BCUT2D eigenvalue weighted by atomic mass is 79.9. The fourth-order valence-electron chi connectivity index (χ4n) is 1.60. The fraction of sp³-hybridized carbons (Fsp3) is 0.556. The molecule has 1 N–H and O–H groups in total. The van der Waals surface area contributed by atoms with Crippen LogP contribution in [0.15, 0.2) is 9.85 Å². The van der Waals surface area contributed by atoms with Crippen molar-refractivity contribution in [3.8, 4) is 0 Å². The molecule has 1 unspecified atom stereocenters. The third kappa shape index (κ3) is 1.45. The van der Waals surface area contributed by atoms with Crippen LogP contribution in [0.1, 0.15) is 22.8 Å². The Morgan fingerprint density at radius 3 is 3.00 bits per heavy atom. The van der Waals surface area contributed by atoms with Crippen LogP contribution in [0.5, 0.6) is 0 Å². The van der Waals surface area contributed by atoms with Crippen LogP contribution in [0.25, 0.3) is 0 Å². The third-order valence-electron chi connectivity index (χ3n) is 2.36. The zero-order chi connectivity index (χ0) is 8.55. The molecule has 1 fully saturated rings. The van der Waals surface area contributed by atoms with Gasteiger partial charge in [-0.1, -0.05) is 0 Å². The normalized spacial score (nSPS) is 23.3. The predicted octanol–water partition coefficient (Wildman–Crippen LogP) is 2.90. The van der Waals surface area contributed by atoms with Crippen LogP contribution in [0.2, 0.25) is 0 Å². The number of halogens is 1. The molecule has 1 aromatic rings. The van der Waals surface area contributed by atoms with Crippen molar-refractivity contribution in [2.24, 2.45) is 0 Å². The molecule has 0 amide bonds. The van der Waals surface area contributed by atoms with Crippen molar-refractivity contribution in [2.75, 3.05) is 13.1 Å². The van der Waals surface area contributed by atoms with Crippen LogP contribution >= 0.6 is 27.3 Å². The lowest BCUT2D eigenvalue weighted by Crippen LogP contribution is -2.07. The van der Waals surface area contributed by atoms with E-state index in [0.717, 1.165) is 12.5 Å². The predicted molar refractivity (Wildman–Crippen MR) is 57.0 cm³/mol. The van der Waals surface area contributed by atoms with Crippen LogP contribution in [0, 0.1) is 6.92 Å². The lowest BCUT2D eigenvalue weighted by atomic mass is 10.1. The summed E-state index contributed by atoms with van der Waals surface area (Å²) in [5.74, 6) is 0.748. The van der Waals surface area contributed by atoms with Gasteiger partial charge < -0.3 is 5.32 Å². The van der Waals surface area contributed by atoms with Gasteiger partial charge in [0.15, 0.2) is 0 Å². The van der Waals surface area contributed by atoms with Crippen molar-refractivity contribution in [1.29, 1.82) is 0 Å². The van der Waals surface area contributed by atoms with Gasteiger partial charge in [0.25, 0.3) is 0 Å². The Kier molecular flexibility index (Phi) is 2.53. The summed E-state index contributed by atoms with van der Waals surface area (Å²) in [5, 5.41) is 5.63. The quantitative estimate of drug-likeness (QED) is 0.803. The lowest BCUT2D eigenvalue weighted by molar-refractivity contribution is 0.775. The van der Waals surface area contributed by atoms with Gasteiger partial charge in [-0.3, -0.25) is 0 Å². The average molecular weight is 246 g/mol. The maximum Gasteiger partial charge on any atom is 0.0346 e. The van der Waals surface area contributed by atoms with Gasteiger partial charge in [0.05, 0.1) is 0 Å². The van der Waals surface area contributed by atoms with Gasteiger partial charge in [0.2, 0.25) is 0 Å². The highest BCUT2D eigenvalue weighted by Gasteiger charge is 2.20. The van der Waals surface area contributed by atoms with Crippen LogP contribution in [0.4, 0.5) is 0 Å². The second-order valence-electron chi connectivity index (χ2n) is 3.29. The first-order chi connectivity index (χ1) is 5.79. The van der Waals surface area contributed by atoms with E-state index in [1.165, 1.54) is 27.9 Å². The van der Waals surface area contributed by atoms with Crippen molar-refractivity contribution < 1.29 is 0 Å². The molecular weight excluding hydrogens is 234 g/mol. The summed E-state index contributed by atoms with van der Waals surface area (Å²) in [5.41, 5.74) is 1.38. The Morgan fingerprint density at radius 1 is 1.67 bits per heavy atom. The molecule has 1 saturated heterocycles. The van der Waals surface area contributed by atoms with Crippen LogP contribution in [0.3, 0.4) is 0 Å². The second-order valence-corrected chi connectivity index (χ2v) is 4.99. The number of nitrogens with one attached hydrogen (secondary N) is 1. The monoisotopic (exact) mass is 245 g/mol. The van der Waals surface area contributed by atoms with Gasteiger partial charge >= 0.3 is 0 Å². The van der Waals surface area contributed by atoms with Gasteiger partial charge in [-0.05, 0) is 46.8 Å². The van der Waals surface area contributed by atoms with Crippen LogP contribution < -0.4 is 5.32 Å². The van der Waals surface area contributed by atoms with Crippen LogP contribution in [-0.4, -0.2) is 13.1 Å². The van der Waals surface area contributed by atoms with Crippen molar-refractivity contribution in [2.45, 2.75) is 19.3 Å². The van der Waals surface area contributed by atoms with E-state index < -0.39 is 0 Å². The van der Waals surface area contributed by atoms with Crippen LogP contribution in [-0.2, 0) is 0 Å². The summed E-state index contributed by atoms with van der Waals surface area (Å²) in [6, 6.07) is 0. The topological polar surface area (TPSA) is 12.0 Å². The SMILES string of the molecule is Cc1csc(C2CCNC2)c1Br. The lowest BCUT2D eigenvalue weighted by Gasteiger charge is -2.05. The maximum atomic E-state index is 3.64. The van der Waals surface area contributed by atoms with E-state index in [0.29, 0.717) is 0 Å². The Bertz CT molecular complexity index is 276. The molecule has 1 aliphatic heterocycles.